The second-order valence-corrected chi connectivity index (χ2v) is 6.43. The Bertz CT molecular complexity index is 1230. The quantitative estimate of drug-likeness (QED) is 0.367. The van der Waals surface area contributed by atoms with Crippen molar-refractivity contribution in [2.75, 3.05) is 0 Å². The zero-order chi connectivity index (χ0) is 20.4. The molecule has 0 aliphatic carbocycles. The molecule has 1 aromatic heterocycles. The molecule has 0 fully saturated rings. The van der Waals surface area contributed by atoms with Gasteiger partial charge in [0.1, 0.15) is 5.75 Å². The smallest absolute Gasteiger partial charge is 0.387 e. The molecule has 0 unspecified atom stereocenters. The van der Waals surface area contributed by atoms with Crippen LogP contribution in [0.15, 0.2) is 72.0 Å². The summed E-state index contributed by atoms with van der Waals surface area (Å²) in [5, 5.41) is 6.19. The summed E-state index contributed by atoms with van der Waals surface area (Å²) in [6.45, 7) is -1.36. The molecule has 0 aliphatic heterocycles. The predicted molar refractivity (Wildman–Crippen MR) is 109 cm³/mol. The SMILES string of the molecule is CC(=NNC(=O)c1c[nH]c2ccccc12)c1ccc2ccccc2c1OC(F)F. The number of alkyl halides is 2. The Morgan fingerprint density at radius 3 is 2.52 bits per heavy atom. The average Bonchev–Trinajstić information content (AvgIpc) is 3.16. The van der Waals surface area contributed by atoms with Crippen LogP contribution in [0.5, 0.6) is 5.75 Å². The zero-order valence-electron chi connectivity index (χ0n) is 15.4. The lowest BCUT2D eigenvalue weighted by Gasteiger charge is -2.13. The molecule has 146 valence electrons. The summed E-state index contributed by atoms with van der Waals surface area (Å²) in [6, 6.07) is 17.9. The summed E-state index contributed by atoms with van der Waals surface area (Å²) in [5.74, 6) is -0.375. The third-order valence-electron chi connectivity index (χ3n) is 4.64. The van der Waals surface area contributed by atoms with E-state index in [0.29, 0.717) is 22.2 Å². The summed E-state index contributed by atoms with van der Waals surface area (Å²) in [4.78, 5) is 15.6. The van der Waals surface area contributed by atoms with Gasteiger partial charge in [-0.1, -0.05) is 48.5 Å². The number of carbonyl (C=O) groups is 1. The first-order chi connectivity index (χ1) is 14.0. The first kappa shape index (κ1) is 18.6. The van der Waals surface area contributed by atoms with Crippen LogP contribution in [0.4, 0.5) is 8.78 Å². The molecule has 5 nitrogen and oxygen atoms in total. The topological polar surface area (TPSA) is 66.5 Å². The summed E-state index contributed by atoms with van der Waals surface area (Å²) in [5.41, 5.74) is 4.49. The number of para-hydroxylation sites is 1. The van der Waals surface area contributed by atoms with Crippen LogP contribution in [-0.2, 0) is 0 Å². The van der Waals surface area contributed by atoms with Gasteiger partial charge in [-0.25, -0.2) is 5.43 Å². The van der Waals surface area contributed by atoms with Crippen molar-refractivity contribution in [2.24, 2.45) is 5.10 Å². The van der Waals surface area contributed by atoms with Gasteiger partial charge >= 0.3 is 6.61 Å². The highest BCUT2D eigenvalue weighted by atomic mass is 19.3. The van der Waals surface area contributed by atoms with Gasteiger partial charge in [0.05, 0.1) is 11.3 Å². The molecule has 7 heteroatoms. The number of ether oxygens (including phenoxy) is 1. The van der Waals surface area contributed by atoms with Crippen molar-refractivity contribution in [3.8, 4) is 5.75 Å². The molecule has 0 spiro atoms. The number of nitrogens with zero attached hydrogens (tertiary/aromatic N) is 1. The van der Waals surface area contributed by atoms with Crippen LogP contribution in [-0.4, -0.2) is 23.2 Å². The van der Waals surface area contributed by atoms with Crippen LogP contribution in [0, 0.1) is 0 Å². The van der Waals surface area contributed by atoms with Crippen molar-refractivity contribution in [1.29, 1.82) is 0 Å². The predicted octanol–water partition coefficient (Wildman–Crippen LogP) is 5.08. The molecule has 0 aliphatic rings. The molecule has 0 bridgehead atoms. The maximum atomic E-state index is 13.0. The number of fused-ring (bicyclic) bond motifs is 2. The Morgan fingerprint density at radius 2 is 1.72 bits per heavy atom. The fourth-order valence-corrected chi connectivity index (χ4v) is 3.26. The number of aromatic amines is 1. The first-order valence-corrected chi connectivity index (χ1v) is 8.92. The molecule has 2 N–H and O–H groups in total. The Morgan fingerprint density at radius 1 is 1.00 bits per heavy atom. The zero-order valence-corrected chi connectivity index (χ0v) is 15.4. The highest BCUT2D eigenvalue weighted by molar-refractivity contribution is 6.09. The van der Waals surface area contributed by atoms with Gasteiger partial charge in [0.15, 0.2) is 0 Å². The minimum Gasteiger partial charge on any atom is -0.433 e. The van der Waals surface area contributed by atoms with E-state index in [1.165, 1.54) is 0 Å². The number of nitrogens with one attached hydrogen (secondary N) is 2. The molecule has 0 atom stereocenters. The van der Waals surface area contributed by atoms with Crippen LogP contribution in [0.3, 0.4) is 0 Å². The molecule has 0 saturated heterocycles. The van der Waals surface area contributed by atoms with E-state index in [-0.39, 0.29) is 5.75 Å². The van der Waals surface area contributed by atoms with Crippen LogP contribution in [0.1, 0.15) is 22.8 Å². The molecule has 0 radical (unpaired) electrons. The van der Waals surface area contributed by atoms with Crippen molar-refractivity contribution in [2.45, 2.75) is 13.5 Å². The van der Waals surface area contributed by atoms with E-state index in [2.05, 4.69) is 15.5 Å². The molecular formula is C22H17F2N3O2. The molecule has 29 heavy (non-hydrogen) atoms. The van der Waals surface area contributed by atoms with E-state index in [9.17, 15) is 13.6 Å². The van der Waals surface area contributed by atoms with E-state index in [0.717, 1.165) is 16.3 Å². The van der Waals surface area contributed by atoms with Gasteiger partial charge in [0.25, 0.3) is 5.91 Å². The van der Waals surface area contributed by atoms with Gasteiger partial charge in [-0.2, -0.15) is 13.9 Å². The summed E-state index contributed by atoms with van der Waals surface area (Å²) >= 11 is 0. The monoisotopic (exact) mass is 393 g/mol. The molecule has 1 heterocycles. The number of hydrogen-bond donors (Lipinski definition) is 2. The minimum absolute atomic E-state index is 0.0284. The number of carbonyl (C=O) groups excluding carboxylic acids is 1. The van der Waals surface area contributed by atoms with E-state index in [1.807, 2.05) is 36.4 Å². The lowest BCUT2D eigenvalue weighted by molar-refractivity contribution is -0.0489. The van der Waals surface area contributed by atoms with E-state index >= 15 is 0 Å². The maximum Gasteiger partial charge on any atom is 0.387 e. The van der Waals surface area contributed by atoms with E-state index in [1.54, 1.807) is 37.4 Å². The van der Waals surface area contributed by atoms with Crippen LogP contribution in [0.2, 0.25) is 0 Å². The Balaban J connectivity index is 1.66. The van der Waals surface area contributed by atoms with Crippen molar-refractivity contribution in [3.63, 3.8) is 0 Å². The van der Waals surface area contributed by atoms with Gasteiger partial charge < -0.3 is 9.72 Å². The van der Waals surface area contributed by atoms with Crippen LogP contribution >= 0.6 is 0 Å². The Hall–Kier alpha value is -3.74. The fourth-order valence-electron chi connectivity index (χ4n) is 3.26. The number of aromatic nitrogens is 1. The number of hydrazone groups is 1. The van der Waals surface area contributed by atoms with Crippen LogP contribution < -0.4 is 10.2 Å². The highest BCUT2D eigenvalue weighted by Gasteiger charge is 2.16. The lowest BCUT2D eigenvalue weighted by Crippen LogP contribution is -2.19. The number of H-pyrrole nitrogens is 1. The second kappa shape index (κ2) is 7.71. The van der Waals surface area contributed by atoms with Gasteiger partial charge in [-0.3, -0.25) is 4.79 Å². The minimum atomic E-state index is -2.98. The van der Waals surface area contributed by atoms with Gasteiger partial charge in [0, 0.05) is 28.0 Å². The Labute approximate surface area is 165 Å². The van der Waals surface area contributed by atoms with E-state index in [4.69, 9.17) is 4.74 Å². The van der Waals surface area contributed by atoms with Gasteiger partial charge in [-0.05, 0) is 24.4 Å². The molecule has 3 aromatic carbocycles. The summed E-state index contributed by atoms with van der Waals surface area (Å²) in [7, 11) is 0. The second-order valence-electron chi connectivity index (χ2n) is 6.43. The van der Waals surface area contributed by atoms with Gasteiger partial charge in [0.2, 0.25) is 0 Å². The summed E-state index contributed by atoms with van der Waals surface area (Å²) < 4.78 is 30.8. The maximum absolute atomic E-state index is 13.0. The molecule has 4 rings (SSSR count). The Kier molecular flexibility index (Phi) is 4.95. The normalized spacial score (nSPS) is 11.9. The lowest BCUT2D eigenvalue weighted by atomic mass is 10.0. The number of halogens is 2. The third-order valence-corrected chi connectivity index (χ3v) is 4.64. The number of rotatable bonds is 5. The molecule has 1 amide bonds. The van der Waals surface area contributed by atoms with Crippen molar-refractivity contribution in [3.05, 3.63) is 78.0 Å². The molecular weight excluding hydrogens is 376 g/mol. The van der Waals surface area contributed by atoms with E-state index < -0.39 is 12.5 Å². The molecule has 4 aromatic rings. The van der Waals surface area contributed by atoms with Crippen LogP contribution in [0.25, 0.3) is 21.7 Å². The van der Waals surface area contributed by atoms with Gasteiger partial charge in [-0.15, -0.1) is 0 Å². The largest absolute Gasteiger partial charge is 0.433 e. The third kappa shape index (κ3) is 3.67. The summed E-state index contributed by atoms with van der Waals surface area (Å²) in [6.07, 6.45) is 1.60. The number of amides is 1. The highest BCUT2D eigenvalue weighted by Crippen LogP contribution is 2.31. The average molecular weight is 393 g/mol. The van der Waals surface area contributed by atoms with Crippen molar-refractivity contribution in [1.82, 2.24) is 10.4 Å². The fraction of sp³-hybridized carbons (Fsp3) is 0.0909. The molecule has 0 saturated carbocycles. The number of benzene rings is 3. The number of hydrogen-bond acceptors (Lipinski definition) is 3. The first-order valence-electron chi connectivity index (χ1n) is 8.92. The van der Waals surface area contributed by atoms with Crippen molar-refractivity contribution >= 4 is 33.3 Å². The standard InChI is InChI=1S/C22H17F2N3O2/c1-13(26-27-21(28)18-12-25-19-9-5-4-8-17(18)19)15-11-10-14-6-2-3-7-16(14)20(15)29-22(23)24/h2-12,22,25H,1H3,(H,27,28). The van der Waals surface area contributed by atoms with Crippen molar-refractivity contribution < 1.29 is 18.3 Å².